The smallest absolute Gasteiger partial charge is 0.163 e. The Morgan fingerprint density at radius 1 is 0.788 bits per heavy atom. The zero-order chi connectivity index (χ0) is 23.6. The highest BCUT2D eigenvalue weighted by Gasteiger charge is 2.33. The number of rotatable bonds is 9. The van der Waals surface area contributed by atoms with Crippen molar-refractivity contribution in [3.63, 3.8) is 0 Å². The minimum Gasteiger partial charge on any atom is -0.482 e. The summed E-state index contributed by atoms with van der Waals surface area (Å²) in [5, 5.41) is 10.9. The van der Waals surface area contributed by atoms with Crippen LogP contribution in [0.5, 0.6) is 28.7 Å². The molecule has 6 nitrogen and oxygen atoms in total. The summed E-state index contributed by atoms with van der Waals surface area (Å²) in [5.41, 5.74) is 1.34. The third-order valence-electron chi connectivity index (χ3n) is 4.71. The maximum atomic E-state index is 10.9. The predicted molar refractivity (Wildman–Crippen MR) is 123 cm³/mol. The molecule has 6 heteroatoms. The Balaban J connectivity index is 1.95. The standard InChI is InChI=1S/C27H22O6/c1-5-11-29-20-16-24(31-13-7-3)21-18-22(28)27(33-25(21)17-20)19-9-10-23(30-12-6-2)26(15-19)32-14-8-4/h1-4,9-10,15-17,22,27-28H,11-14,18H2/t22-,27-/m1/s1. The molecule has 0 aromatic heterocycles. The van der Waals surface area contributed by atoms with Crippen molar-refractivity contribution in [1.82, 2.24) is 0 Å². The topological polar surface area (TPSA) is 66.4 Å². The van der Waals surface area contributed by atoms with Crippen molar-refractivity contribution in [3.05, 3.63) is 41.5 Å². The van der Waals surface area contributed by atoms with Crippen LogP contribution >= 0.6 is 0 Å². The second kappa shape index (κ2) is 11.3. The molecule has 0 fully saturated rings. The first-order valence-corrected chi connectivity index (χ1v) is 10.0. The van der Waals surface area contributed by atoms with E-state index in [1.54, 1.807) is 30.3 Å². The normalized spacial score (nSPS) is 15.9. The summed E-state index contributed by atoms with van der Waals surface area (Å²) in [5.74, 6) is 11.9. The molecule has 0 unspecified atom stereocenters. The number of hydrogen-bond acceptors (Lipinski definition) is 6. The molecule has 3 rings (SSSR count). The first-order valence-electron chi connectivity index (χ1n) is 10.0. The Bertz CT molecular complexity index is 1160. The molecular formula is C27H22O6. The van der Waals surface area contributed by atoms with Crippen molar-refractivity contribution in [2.75, 3.05) is 26.4 Å². The number of ether oxygens (including phenoxy) is 5. The quantitative estimate of drug-likeness (QED) is 0.603. The van der Waals surface area contributed by atoms with Crippen molar-refractivity contribution >= 4 is 0 Å². The van der Waals surface area contributed by atoms with Gasteiger partial charge in [-0.15, -0.1) is 25.7 Å². The lowest BCUT2D eigenvalue weighted by Gasteiger charge is -2.32. The van der Waals surface area contributed by atoms with E-state index in [1.165, 1.54) is 0 Å². The van der Waals surface area contributed by atoms with Crippen LogP contribution in [0.1, 0.15) is 17.2 Å². The van der Waals surface area contributed by atoms with E-state index >= 15 is 0 Å². The number of fused-ring (bicyclic) bond motifs is 1. The maximum absolute atomic E-state index is 10.9. The molecule has 2 aromatic rings. The number of hydrogen-bond donors (Lipinski definition) is 1. The van der Waals surface area contributed by atoms with E-state index in [1.807, 2.05) is 0 Å². The summed E-state index contributed by atoms with van der Waals surface area (Å²) in [4.78, 5) is 0. The van der Waals surface area contributed by atoms with E-state index in [0.717, 1.165) is 0 Å². The molecule has 166 valence electrons. The van der Waals surface area contributed by atoms with E-state index < -0.39 is 12.2 Å². The van der Waals surface area contributed by atoms with Gasteiger partial charge in [-0.1, -0.05) is 29.7 Å². The monoisotopic (exact) mass is 442 g/mol. The van der Waals surface area contributed by atoms with Gasteiger partial charge >= 0.3 is 0 Å². The molecule has 1 aliphatic heterocycles. The average molecular weight is 442 g/mol. The lowest BCUT2D eigenvalue weighted by Crippen LogP contribution is -2.30. The molecule has 2 atom stereocenters. The second-order valence-corrected chi connectivity index (χ2v) is 6.89. The molecule has 1 heterocycles. The largest absolute Gasteiger partial charge is 0.482 e. The molecule has 0 saturated carbocycles. The molecule has 1 aliphatic rings. The highest BCUT2D eigenvalue weighted by atomic mass is 16.5. The summed E-state index contributed by atoms with van der Waals surface area (Å²) in [6.07, 6.45) is 19.9. The lowest BCUT2D eigenvalue weighted by atomic mass is 9.93. The van der Waals surface area contributed by atoms with Gasteiger partial charge in [-0.2, -0.15) is 0 Å². The summed E-state index contributed by atoms with van der Waals surface area (Å²) in [6, 6.07) is 8.54. The van der Waals surface area contributed by atoms with Crippen LogP contribution in [-0.2, 0) is 6.42 Å². The van der Waals surface area contributed by atoms with Crippen molar-refractivity contribution in [2.45, 2.75) is 18.6 Å². The van der Waals surface area contributed by atoms with E-state index in [9.17, 15) is 5.11 Å². The highest BCUT2D eigenvalue weighted by molar-refractivity contribution is 5.53. The minimum atomic E-state index is -0.874. The van der Waals surface area contributed by atoms with Gasteiger partial charge in [0.25, 0.3) is 0 Å². The maximum Gasteiger partial charge on any atom is 0.163 e. The SMILES string of the molecule is C#CCOc1cc(OCC#C)c2c(c1)O[C@H](c1ccc(OCC#C)c(OCC#C)c1)[C@H](O)C2. The highest BCUT2D eigenvalue weighted by Crippen LogP contribution is 2.43. The molecule has 0 aliphatic carbocycles. The number of benzene rings is 2. The van der Waals surface area contributed by atoms with E-state index in [0.29, 0.717) is 39.9 Å². The van der Waals surface area contributed by atoms with Gasteiger partial charge in [0.15, 0.2) is 11.5 Å². The van der Waals surface area contributed by atoms with Crippen LogP contribution in [0.15, 0.2) is 30.3 Å². The third-order valence-corrected chi connectivity index (χ3v) is 4.71. The van der Waals surface area contributed by atoms with Crippen molar-refractivity contribution < 1.29 is 28.8 Å². The van der Waals surface area contributed by atoms with Gasteiger partial charge in [0.1, 0.15) is 49.8 Å². The number of aliphatic hydroxyl groups excluding tert-OH is 1. The molecule has 1 N–H and O–H groups in total. The Morgan fingerprint density at radius 3 is 2.06 bits per heavy atom. The van der Waals surface area contributed by atoms with Gasteiger partial charge in [-0.05, 0) is 17.7 Å². The van der Waals surface area contributed by atoms with Gasteiger partial charge in [0.05, 0.1) is 6.10 Å². The fourth-order valence-corrected chi connectivity index (χ4v) is 3.35. The predicted octanol–water partition coefficient (Wildman–Crippen LogP) is 2.77. The number of terminal acetylenes is 4. The van der Waals surface area contributed by atoms with Crippen LogP contribution in [0.25, 0.3) is 0 Å². The van der Waals surface area contributed by atoms with Crippen LogP contribution in [0.3, 0.4) is 0 Å². The molecule has 0 saturated heterocycles. The molecule has 0 bridgehead atoms. The first-order chi connectivity index (χ1) is 16.1. The molecule has 0 amide bonds. The van der Waals surface area contributed by atoms with Gasteiger partial charge < -0.3 is 28.8 Å². The van der Waals surface area contributed by atoms with E-state index in [2.05, 4.69) is 23.7 Å². The zero-order valence-electron chi connectivity index (χ0n) is 17.9. The summed E-state index contributed by atoms with van der Waals surface area (Å²) in [7, 11) is 0. The molecule has 0 radical (unpaired) electrons. The zero-order valence-corrected chi connectivity index (χ0v) is 17.9. The summed E-state index contributed by atoms with van der Waals surface area (Å²) >= 11 is 0. The van der Waals surface area contributed by atoms with Crippen molar-refractivity contribution in [3.8, 4) is 78.1 Å². The minimum absolute atomic E-state index is 0.0402. The lowest BCUT2D eigenvalue weighted by molar-refractivity contribution is 0.0195. The van der Waals surface area contributed by atoms with Crippen molar-refractivity contribution in [2.24, 2.45) is 0 Å². The van der Waals surface area contributed by atoms with E-state index in [4.69, 9.17) is 49.4 Å². The van der Waals surface area contributed by atoms with Crippen LogP contribution in [0.4, 0.5) is 0 Å². The van der Waals surface area contributed by atoms with Crippen LogP contribution in [0, 0.1) is 49.4 Å². The molecule has 2 aromatic carbocycles. The fourth-order valence-electron chi connectivity index (χ4n) is 3.35. The molecule has 0 spiro atoms. The second-order valence-electron chi connectivity index (χ2n) is 6.89. The third kappa shape index (κ3) is 5.66. The van der Waals surface area contributed by atoms with Crippen LogP contribution in [0.2, 0.25) is 0 Å². The van der Waals surface area contributed by atoms with Crippen LogP contribution in [-0.4, -0.2) is 37.6 Å². The van der Waals surface area contributed by atoms with Gasteiger partial charge in [0, 0.05) is 24.1 Å². The number of aliphatic hydroxyl groups is 1. The van der Waals surface area contributed by atoms with Gasteiger partial charge in [0.2, 0.25) is 0 Å². The summed E-state index contributed by atoms with van der Waals surface area (Å²) < 4.78 is 28.5. The Morgan fingerprint density at radius 2 is 1.39 bits per heavy atom. The Kier molecular flexibility index (Phi) is 7.99. The average Bonchev–Trinajstić information content (AvgIpc) is 2.83. The summed E-state index contributed by atoms with van der Waals surface area (Å²) in [6.45, 7) is 0.245. The first kappa shape index (κ1) is 23.3. The molecule has 33 heavy (non-hydrogen) atoms. The fraction of sp³-hybridized carbons (Fsp3) is 0.259. The van der Waals surface area contributed by atoms with Crippen LogP contribution < -0.4 is 23.7 Å². The van der Waals surface area contributed by atoms with Gasteiger partial charge in [-0.25, -0.2) is 0 Å². The van der Waals surface area contributed by atoms with Gasteiger partial charge in [-0.3, -0.25) is 0 Å². The Hall–Kier alpha value is -4.36. The van der Waals surface area contributed by atoms with Crippen molar-refractivity contribution in [1.29, 1.82) is 0 Å². The molecular weight excluding hydrogens is 420 g/mol. The van der Waals surface area contributed by atoms with E-state index in [-0.39, 0.29) is 32.8 Å². The Labute approximate surface area is 193 Å².